The molecule has 0 spiro atoms. The van der Waals surface area contributed by atoms with Gasteiger partial charge >= 0.3 is 11.7 Å². The third-order valence-corrected chi connectivity index (χ3v) is 5.49. The fraction of sp³-hybridized carbons (Fsp3) is 0.562. The van der Waals surface area contributed by atoms with E-state index in [1.165, 1.54) is 16.4 Å². The number of rotatable bonds is 6. The van der Waals surface area contributed by atoms with Crippen LogP contribution < -0.4 is 4.74 Å². The topological polar surface area (TPSA) is 116 Å². The molecule has 1 aliphatic heterocycles. The Morgan fingerprint density at radius 1 is 1.27 bits per heavy atom. The minimum absolute atomic E-state index is 0.171. The van der Waals surface area contributed by atoms with E-state index in [2.05, 4.69) is 0 Å². The van der Waals surface area contributed by atoms with E-state index < -0.39 is 38.8 Å². The summed E-state index contributed by atoms with van der Waals surface area (Å²) in [5.74, 6) is -0.873. The predicted octanol–water partition coefficient (Wildman–Crippen LogP) is 2.10. The van der Waals surface area contributed by atoms with Gasteiger partial charge in [-0.1, -0.05) is 0 Å². The van der Waals surface area contributed by atoms with Gasteiger partial charge in [-0.25, -0.2) is 13.2 Å². The molecule has 1 heterocycles. The van der Waals surface area contributed by atoms with Gasteiger partial charge in [-0.3, -0.25) is 10.1 Å². The lowest BCUT2D eigenvalue weighted by Gasteiger charge is -2.19. The summed E-state index contributed by atoms with van der Waals surface area (Å²) in [5.41, 5.74) is -1.23. The molecule has 26 heavy (non-hydrogen) atoms. The van der Waals surface area contributed by atoms with Crippen LogP contribution in [0.3, 0.4) is 0 Å². The Kier molecular flexibility index (Phi) is 5.87. The molecule has 1 aromatic carbocycles. The smallest absolute Gasteiger partial charge is 0.344 e. The second kappa shape index (κ2) is 7.58. The Morgan fingerprint density at radius 3 is 2.42 bits per heavy atom. The van der Waals surface area contributed by atoms with Gasteiger partial charge in [-0.05, 0) is 45.7 Å². The van der Waals surface area contributed by atoms with Crippen molar-refractivity contribution in [1.29, 1.82) is 0 Å². The maximum atomic E-state index is 12.5. The predicted molar refractivity (Wildman–Crippen MR) is 92.4 cm³/mol. The van der Waals surface area contributed by atoms with E-state index in [4.69, 9.17) is 9.47 Å². The molecule has 0 aromatic heterocycles. The lowest BCUT2D eigenvalue weighted by Crippen LogP contribution is -2.28. The van der Waals surface area contributed by atoms with Crippen molar-refractivity contribution in [2.45, 2.75) is 44.1 Å². The molecule has 1 saturated heterocycles. The Labute approximate surface area is 152 Å². The van der Waals surface area contributed by atoms with Crippen molar-refractivity contribution in [3.8, 4) is 5.75 Å². The number of nitro benzene ring substituents is 1. The van der Waals surface area contributed by atoms with Crippen LogP contribution in [-0.4, -0.2) is 48.9 Å². The maximum absolute atomic E-state index is 12.5. The molecule has 0 unspecified atom stereocenters. The highest BCUT2D eigenvalue weighted by atomic mass is 32.2. The van der Waals surface area contributed by atoms with Gasteiger partial charge < -0.3 is 9.47 Å². The minimum Gasteiger partial charge on any atom is -0.475 e. The number of ether oxygens (including phenoxy) is 2. The third kappa shape index (κ3) is 4.92. The van der Waals surface area contributed by atoms with Crippen LogP contribution in [0.1, 0.15) is 33.6 Å². The summed E-state index contributed by atoms with van der Waals surface area (Å²) in [7, 11) is -3.79. The number of hydrogen-bond donors (Lipinski definition) is 0. The average molecular weight is 386 g/mol. The van der Waals surface area contributed by atoms with Crippen molar-refractivity contribution < 1.29 is 27.6 Å². The summed E-state index contributed by atoms with van der Waals surface area (Å²) < 4.78 is 36.6. The first kappa shape index (κ1) is 20.1. The number of esters is 1. The zero-order valence-electron chi connectivity index (χ0n) is 14.9. The number of sulfonamides is 1. The Balaban J connectivity index is 2.21. The number of nitrogens with zero attached hydrogens (tertiary/aromatic N) is 2. The Hall–Kier alpha value is -2.20. The van der Waals surface area contributed by atoms with Gasteiger partial charge in [0, 0.05) is 19.2 Å². The van der Waals surface area contributed by atoms with Crippen LogP contribution in [0.4, 0.5) is 5.69 Å². The molecule has 0 aliphatic carbocycles. The average Bonchev–Trinajstić information content (AvgIpc) is 3.06. The number of carbonyl (C=O) groups excluding carboxylic acids is 1. The molecular formula is C16H22N2O7S. The summed E-state index contributed by atoms with van der Waals surface area (Å²) in [6, 6.07) is 3.38. The van der Waals surface area contributed by atoms with Gasteiger partial charge in [-0.15, -0.1) is 0 Å². The largest absolute Gasteiger partial charge is 0.475 e. The van der Waals surface area contributed by atoms with E-state index in [1.54, 1.807) is 20.8 Å². The van der Waals surface area contributed by atoms with Gasteiger partial charge in [0.05, 0.1) is 9.82 Å². The van der Waals surface area contributed by atoms with Gasteiger partial charge in [0.1, 0.15) is 5.60 Å². The molecule has 1 aliphatic rings. The first-order valence-corrected chi connectivity index (χ1v) is 9.58. The lowest BCUT2D eigenvalue weighted by molar-refractivity contribution is -0.386. The molecule has 9 nitrogen and oxygen atoms in total. The van der Waals surface area contributed by atoms with E-state index in [1.807, 2.05) is 0 Å². The summed E-state index contributed by atoms with van der Waals surface area (Å²) in [6.45, 7) is 5.33. The molecule has 0 saturated carbocycles. The first-order valence-electron chi connectivity index (χ1n) is 8.14. The minimum atomic E-state index is -3.79. The molecule has 0 amide bonds. The molecule has 144 valence electrons. The van der Waals surface area contributed by atoms with Gasteiger partial charge in [0.25, 0.3) is 0 Å². The lowest BCUT2D eigenvalue weighted by atomic mass is 10.2. The first-order chi connectivity index (χ1) is 12.0. The molecule has 0 bridgehead atoms. The van der Waals surface area contributed by atoms with Crippen LogP contribution in [0.25, 0.3) is 0 Å². The van der Waals surface area contributed by atoms with Gasteiger partial charge in [-0.2, -0.15) is 4.31 Å². The zero-order chi connectivity index (χ0) is 19.5. The zero-order valence-corrected chi connectivity index (χ0v) is 15.7. The summed E-state index contributed by atoms with van der Waals surface area (Å²) in [4.78, 5) is 22.1. The Bertz CT molecular complexity index is 793. The summed E-state index contributed by atoms with van der Waals surface area (Å²) in [6.07, 6.45) is 1.52. The monoisotopic (exact) mass is 386 g/mol. The van der Waals surface area contributed by atoms with Crippen molar-refractivity contribution in [1.82, 2.24) is 4.31 Å². The number of benzene rings is 1. The number of hydrogen-bond acceptors (Lipinski definition) is 7. The number of carbonyl (C=O) groups is 1. The van der Waals surface area contributed by atoms with Crippen LogP contribution in [0.5, 0.6) is 5.75 Å². The highest BCUT2D eigenvalue weighted by Crippen LogP contribution is 2.31. The van der Waals surface area contributed by atoms with Crippen LogP contribution in [0.2, 0.25) is 0 Å². The molecule has 1 aromatic rings. The highest BCUT2D eigenvalue weighted by molar-refractivity contribution is 7.89. The molecule has 2 rings (SSSR count). The van der Waals surface area contributed by atoms with Crippen molar-refractivity contribution in [3.05, 3.63) is 28.3 Å². The summed E-state index contributed by atoms with van der Waals surface area (Å²) >= 11 is 0. The van der Waals surface area contributed by atoms with Gasteiger partial charge in [0.15, 0.2) is 12.4 Å². The molecule has 1 fully saturated rings. The standard InChI is InChI=1S/C16H22N2O7S/c1-16(2,3)25-15(19)11-24-14-7-6-12(10-13(14)18(20)21)26(22,23)17-8-4-5-9-17/h6-7,10H,4-5,8-9,11H2,1-3H3. The molecule has 0 N–H and O–H groups in total. The van der Waals surface area contributed by atoms with E-state index in [0.717, 1.165) is 18.9 Å². The fourth-order valence-corrected chi connectivity index (χ4v) is 4.05. The quantitative estimate of drug-likeness (QED) is 0.417. The summed E-state index contributed by atoms with van der Waals surface area (Å²) in [5, 5.41) is 11.3. The Morgan fingerprint density at radius 2 is 1.88 bits per heavy atom. The highest BCUT2D eigenvalue weighted by Gasteiger charge is 2.30. The SMILES string of the molecule is CC(C)(C)OC(=O)COc1ccc(S(=O)(=O)N2CCCC2)cc1[N+](=O)[O-]. The normalized spacial score (nSPS) is 15.7. The molecule has 10 heteroatoms. The second-order valence-corrected chi connectivity index (χ2v) is 8.81. The molecule has 0 radical (unpaired) electrons. The third-order valence-electron chi connectivity index (χ3n) is 3.60. The van der Waals surface area contributed by atoms with Gasteiger partial charge in [0.2, 0.25) is 10.0 Å². The van der Waals surface area contributed by atoms with Crippen molar-refractivity contribution in [2.24, 2.45) is 0 Å². The van der Waals surface area contributed by atoms with E-state index in [-0.39, 0.29) is 10.6 Å². The second-order valence-electron chi connectivity index (χ2n) is 6.87. The van der Waals surface area contributed by atoms with Crippen molar-refractivity contribution >= 4 is 21.7 Å². The molecule has 0 atom stereocenters. The van der Waals surface area contributed by atoms with E-state index in [9.17, 15) is 23.3 Å². The van der Waals surface area contributed by atoms with Crippen molar-refractivity contribution in [2.75, 3.05) is 19.7 Å². The van der Waals surface area contributed by atoms with Crippen LogP contribution >= 0.6 is 0 Å². The van der Waals surface area contributed by atoms with Crippen LogP contribution in [0.15, 0.2) is 23.1 Å². The maximum Gasteiger partial charge on any atom is 0.344 e. The molecular weight excluding hydrogens is 364 g/mol. The van der Waals surface area contributed by atoms with Crippen LogP contribution in [-0.2, 0) is 19.6 Å². The fourth-order valence-electron chi connectivity index (χ4n) is 2.51. The van der Waals surface area contributed by atoms with Crippen LogP contribution in [0, 0.1) is 10.1 Å². The number of nitro groups is 1. The van der Waals surface area contributed by atoms with Crippen molar-refractivity contribution in [3.63, 3.8) is 0 Å². The van der Waals surface area contributed by atoms with E-state index >= 15 is 0 Å². The van der Waals surface area contributed by atoms with E-state index in [0.29, 0.717) is 13.1 Å².